The molecule has 0 aliphatic carbocycles. The lowest BCUT2D eigenvalue weighted by Crippen LogP contribution is -2.39. The third-order valence-electron chi connectivity index (χ3n) is 5.28. The van der Waals surface area contributed by atoms with Crippen LogP contribution in [-0.4, -0.2) is 44.2 Å². The number of nitrogens with one attached hydrogen (secondary N) is 2. The normalized spacial score (nSPS) is 16.9. The number of likely N-dealkylation sites (tertiary alicyclic amines) is 1. The molecule has 3 aromatic rings. The lowest BCUT2D eigenvalue weighted by atomic mass is 9.90. The Morgan fingerprint density at radius 2 is 2.07 bits per heavy atom. The van der Waals surface area contributed by atoms with Crippen LogP contribution in [0.15, 0.2) is 47.5 Å². The Hall–Kier alpha value is -3.35. The number of carbonyl (C=O) groups excluding carboxylic acids is 1. The number of aromatic amines is 2. The minimum atomic E-state index is -0.439. The van der Waals surface area contributed by atoms with E-state index in [0.29, 0.717) is 13.1 Å². The molecule has 1 aromatic carbocycles. The fourth-order valence-corrected chi connectivity index (χ4v) is 3.77. The Balaban J connectivity index is 1.58. The predicted molar refractivity (Wildman–Crippen MR) is 105 cm³/mol. The van der Waals surface area contributed by atoms with Gasteiger partial charge in [0.05, 0.1) is 11.8 Å². The van der Waals surface area contributed by atoms with E-state index < -0.39 is 5.56 Å². The van der Waals surface area contributed by atoms with Gasteiger partial charge >= 0.3 is 0 Å². The highest BCUT2D eigenvalue weighted by Gasteiger charge is 2.29. The Kier molecular flexibility index (Phi) is 4.73. The summed E-state index contributed by atoms with van der Waals surface area (Å²) in [4.78, 5) is 28.3. The first kappa shape index (κ1) is 18.0. The van der Waals surface area contributed by atoms with Crippen molar-refractivity contribution in [2.24, 2.45) is 0 Å². The largest absolute Gasteiger partial charge is 0.507 e. The van der Waals surface area contributed by atoms with E-state index in [1.807, 2.05) is 6.20 Å². The van der Waals surface area contributed by atoms with Gasteiger partial charge in [-0.1, -0.05) is 29.8 Å². The second-order valence-corrected chi connectivity index (χ2v) is 7.25. The van der Waals surface area contributed by atoms with Gasteiger partial charge in [0.25, 0.3) is 11.5 Å². The Bertz CT molecular complexity index is 1050. The van der Waals surface area contributed by atoms with Crippen LogP contribution in [0.1, 0.15) is 40.4 Å². The van der Waals surface area contributed by atoms with E-state index >= 15 is 0 Å². The van der Waals surface area contributed by atoms with Crippen LogP contribution in [0, 0.1) is 6.92 Å². The van der Waals surface area contributed by atoms with Crippen molar-refractivity contribution in [2.45, 2.75) is 25.7 Å². The minimum Gasteiger partial charge on any atom is -0.507 e. The molecule has 1 fully saturated rings. The quantitative estimate of drug-likeness (QED) is 0.652. The fourth-order valence-electron chi connectivity index (χ4n) is 3.77. The molecule has 4 rings (SSSR count). The lowest BCUT2D eigenvalue weighted by molar-refractivity contribution is 0.0702. The molecule has 0 unspecified atom stereocenters. The number of nitrogens with zero attached hydrogens (tertiary/aromatic N) is 2. The molecule has 1 aliphatic heterocycles. The van der Waals surface area contributed by atoms with Crippen LogP contribution >= 0.6 is 0 Å². The highest BCUT2D eigenvalue weighted by atomic mass is 16.3. The maximum Gasteiger partial charge on any atom is 0.259 e. The number of aryl methyl sites for hydroxylation is 1. The maximum atomic E-state index is 12.9. The van der Waals surface area contributed by atoms with Gasteiger partial charge in [0.1, 0.15) is 5.75 Å². The molecule has 3 heterocycles. The summed E-state index contributed by atoms with van der Waals surface area (Å²) in [6.45, 7) is 3.19. The van der Waals surface area contributed by atoms with Gasteiger partial charge in [-0.3, -0.25) is 14.7 Å². The average Bonchev–Trinajstić information content (AvgIpc) is 3.18. The molecule has 0 bridgehead atoms. The smallest absolute Gasteiger partial charge is 0.259 e. The maximum absolute atomic E-state index is 12.9. The van der Waals surface area contributed by atoms with Crippen molar-refractivity contribution in [3.63, 3.8) is 0 Å². The van der Waals surface area contributed by atoms with Gasteiger partial charge in [-0.2, -0.15) is 5.10 Å². The minimum absolute atomic E-state index is 0.114. The summed E-state index contributed by atoms with van der Waals surface area (Å²) in [6.07, 6.45) is 4.90. The molecule has 2 aromatic heterocycles. The van der Waals surface area contributed by atoms with Crippen molar-refractivity contribution in [1.29, 1.82) is 0 Å². The van der Waals surface area contributed by atoms with E-state index in [0.717, 1.165) is 35.7 Å². The van der Waals surface area contributed by atoms with Crippen molar-refractivity contribution < 1.29 is 9.90 Å². The molecule has 0 radical (unpaired) electrons. The second kappa shape index (κ2) is 7.34. The molecular weight excluding hydrogens is 356 g/mol. The Morgan fingerprint density at radius 3 is 2.82 bits per heavy atom. The molecule has 1 amide bonds. The molecule has 7 nitrogen and oxygen atoms in total. The molecule has 1 aliphatic rings. The number of piperidine rings is 1. The topological polar surface area (TPSA) is 102 Å². The molecule has 144 valence electrons. The monoisotopic (exact) mass is 378 g/mol. The third kappa shape index (κ3) is 3.43. The van der Waals surface area contributed by atoms with Crippen LogP contribution in [-0.2, 0) is 0 Å². The fraction of sp³-hybridized carbons (Fsp3) is 0.286. The van der Waals surface area contributed by atoms with Crippen molar-refractivity contribution >= 4 is 5.91 Å². The lowest BCUT2D eigenvalue weighted by Gasteiger charge is -2.33. The summed E-state index contributed by atoms with van der Waals surface area (Å²) >= 11 is 0. The SMILES string of the molecule is Cc1ccc(-c2cn[nH]c2[C@H]2CCCN(C(=O)c3c[nH]c(=O)cc3O)C2)cc1. The van der Waals surface area contributed by atoms with Crippen LogP contribution in [0.5, 0.6) is 5.75 Å². The number of amides is 1. The Morgan fingerprint density at radius 1 is 1.29 bits per heavy atom. The number of hydrogen-bond acceptors (Lipinski definition) is 4. The first-order chi connectivity index (χ1) is 13.5. The van der Waals surface area contributed by atoms with E-state index in [9.17, 15) is 14.7 Å². The standard InChI is InChI=1S/C21H22N4O3/c1-13-4-6-14(7-5-13)16-11-23-24-20(16)15-3-2-8-25(12-15)21(28)17-10-22-19(27)9-18(17)26/h4-7,9-11,15H,2-3,8,12H2,1H3,(H,23,24)(H2,22,26,27)/t15-/m0/s1. The summed E-state index contributed by atoms with van der Waals surface area (Å²) in [6, 6.07) is 9.32. The van der Waals surface area contributed by atoms with Gasteiger partial charge in [-0.15, -0.1) is 0 Å². The molecule has 3 N–H and O–H groups in total. The van der Waals surface area contributed by atoms with Crippen LogP contribution in [0.25, 0.3) is 11.1 Å². The van der Waals surface area contributed by atoms with Crippen molar-refractivity contribution in [3.8, 4) is 16.9 Å². The number of rotatable bonds is 3. The zero-order valence-electron chi connectivity index (χ0n) is 15.6. The number of pyridine rings is 1. The molecular formula is C21H22N4O3. The molecule has 7 heteroatoms. The number of carbonyl (C=O) groups is 1. The number of H-pyrrole nitrogens is 2. The van der Waals surface area contributed by atoms with Crippen molar-refractivity contribution in [3.05, 3.63) is 69.9 Å². The van der Waals surface area contributed by atoms with Gasteiger partial charge in [-0.05, 0) is 25.3 Å². The van der Waals surface area contributed by atoms with Crippen LogP contribution in [0.3, 0.4) is 0 Å². The molecule has 0 saturated carbocycles. The molecule has 0 spiro atoms. The highest BCUT2D eigenvalue weighted by molar-refractivity contribution is 5.96. The summed E-state index contributed by atoms with van der Waals surface area (Å²) in [7, 11) is 0. The molecule has 1 saturated heterocycles. The molecule has 1 atom stereocenters. The van der Waals surface area contributed by atoms with E-state index in [4.69, 9.17) is 0 Å². The summed E-state index contributed by atoms with van der Waals surface area (Å²) < 4.78 is 0. The van der Waals surface area contributed by atoms with Gasteiger partial charge in [0.2, 0.25) is 0 Å². The van der Waals surface area contributed by atoms with Crippen LogP contribution < -0.4 is 5.56 Å². The number of aromatic hydroxyl groups is 1. The Labute approximate surface area is 162 Å². The van der Waals surface area contributed by atoms with E-state index in [1.54, 1.807) is 4.90 Å². The number of benzene rings is 1. The summed E-state index contributed by atoms with van der Waals surface area (Å²) in [5, 5.41) is 17.3. The van der Waals surface area contributed by atoms with Crippen molar-refractivity contribution in [2.75, 3.05) is 13.1 Å². The van der Waals surface area contributed by atoms with E-state index in [-0.39, 0.29) is 23.1 Å². The van der Waals surface area contributed by atoms with Gasteiger partial charge in [-0.25, -0.2) is 0 Å². The summed E-state index contributed by atoms with van der Waals surface area (Å²) in [5.41, 5.74) is 4.03. The number of hydrogen-bond donors (Lipinski definition) is 3. The second-order valence-electron chi connectivity index (χ2n) is 7.25. The predicted octanol–water partition coefficient (Wildman–Crippen LogP) is 2.80. The van der Waals surface area contributed by atoms with Crippen LogP contribution in [0.4, 0.5) is 0 Å². The zero-order chi connectivity index (χ0) is 19.7. The van der Waals surface area contributed by atoms with Crippen LogP contribution in [0.2, 0.25) is 0 Å². The van der Waals surface area contributed by atoms with E-state index in [2.05, 4.69) is 46.4 Å². The molecule has 28 heavy (non-hydrogen) atoms. The van der Waals surface area contributed by atoms with Gasteiger partial charge in [0.15, 0.2) is 0 Å². The third-order valence-corrected chi connectivity index (χ3v) is 5.28. The van der Waals surface area contributed by atoms with E-state index in [1.165, 1.54) is 11.8 Å². The highest BCUT2D eigenvalue weighted by Crippen LogP contribution is 2.33. The van der Waals surface area contributed by atoms with Gasteiger partial charge < -0.3 is 15.0 Å². The first-order valence-electron chi connectivity index (χ1n) is 9.34. The zero-order valence-corrected chi connectivity index (χ0v) is 15.6. The average molecular weight is 378 g/mol. The summed E-state index contributed by atoms with van der Waals surface area (Å²) in [5.74, 6) is -0.450. The first-order valence-corrected chi connectivity index (χ1v) is 9.34. The van der Waals surface area contributed by atoms with Gasteiger partial charge in [0, 0.05) is 42.5 Å². The number of aromatic nitrogens is 3. The van der Waals surface area contributed by atoms with Crippen molar-refractivity contribution in [1.82, 2.24) is 20.1 Å².